The largest absolute Gasteiger partial charge is 0.392 e. The molecule has 0 aliphatic carbocycles. The molecule has 2 fully saturated rings. The van der Waals surface area contributed by atoms with Crippen molar-refractivity contribution in [2.45, 2.75) is 57.2 Å². The van der Waals surface area contributed by atoms with Crippen molar-refractivity contribution in [3.8, 4) is 0 Å². The Morgan fingerprint density at radius 3 is 2.81 bits per heavy atom. The maximum Gasteiger partial charge on any atom is 0.174 e. The first kappa shape index (κ1) is 17.1. The quantitative estimate of drug-likeness (QED) is 0.526. The summed E-state index contributed by atoms with van der Waals surface area (Å²) in [5, 5.41) is 16.0. The summed E-state index contributed by atoms with van der Waals surface area (Å²) in [4.78, 5) is 2.35. The van der Waals surface area contributed by atoms with Crippen LogP contribution in [0.2, 0.25) is 0 Å². The van der Waals surface area contributed by atoms with Crippen LogP contribution >= 0.6 is 0 Å². The van der Waals surface area contributed by atoms with Gasteiger partial charge in [0.25, 0.3) is 0 Å². The van der Waals surface area contributed by atoms with Crippen molar-refractivity contribution in [2.24, 2.45) is 0 Å². The fraction of sp³-hybridized carbons (Fsp3) is 1.00. The highest BCUT2D eigenvalue weighted by Gasteiger charge is 2.30. The van der Waals surface area contributed by atoms with Crippen LogP contribution in [0.25, 0.3) is 0 Å². The number of aliphatic hydroxyl groups excluding tert-OH is 1. The third-order valence-electron chi connectivity index (χ3n) is 4.45. The molecule has 0 saturated carbocycles. The number of nitrogens with zero attached hydrogens (tertiary/aromatic N) is 1. The second-order valence-corrected chi connectivity index (χ2v) is 6.05. The van der Waals surface area contributed by atoms with Crippen molar-refractivity contribution >= 4 is 0 Å². The second kappa shape index (κ2) is 9.02. The lowest BCUT2D eigenvalue weighted by Gasteiger charge is -2.30. The van der Waals surface area contributed by atoms with Crippen LogP contribution in [0, 0.1) is 0 Å². The number of rotatable bonds is 9. The van der Waals surface area contributed by atoms with Crippen molar-refractivity contribution in [2.75, 3.05) is 39.9 Å². The zero-order valence-corrected chi connectivity index (χ0v) is 13.4. The molecule has 0 aromatic heterocycles. The van der Waals surface area contributed by atoms with Crippen molar-refractivity contribution in [1.82, 2.24) is 15.5 Å². The molecule has 2 aliphatic heterocycles. The van der Waals surface area contributed by atoms with Crippen LogP contribution in [-0.2, 0) is 9.47 Å². The van der Waals surface area contributed by atoms with Crippen LogP contribution in [0.15, 0.2) is 0 Å². The van der Waals surface area contributed by atoms with Crippen molar-refractivity contribution in [3.05, 3.63) is 0 Å². The smallest absolute Gasteiger partial charge is 0.174 e. The lowest BCUT2D eigenvalue weighted by atomic mass is 10.2. The van der Waals surface area contributed by atoms with Crippen LogP contribution in [0.1, 0.15) is 32.6 Å². The van der Waals surface area contributed by atoms with Gasteiger partial charge in [-0.05, 0) is 52.4 Å². The highest BCUT2D eigenvalue weighted by Crippen LogP contribution is 2.19. The van der Waals surface area contributed by atoms with E-state index >= 15 is 0 Å². The van der Waals surface area contributed by atoms with Crippen LogP contribution in [0.4, 0.5) is 0 Å². The van der Waals surface area contributed by atoms with Gasteiger partial charge in [-0.2, -0.15) is 0 Å². The molecule has 0 radical (unpaired) electrons. The molecule has 6 nitrogen and oxygen atoms in total. The average Bonchev–Trinajstić information content (AvgIpc) is 3.14. The molecule has 124 valence electrons. The summed E-state index contributed by atoms with van der Waals surface area (Å²) in [7, 11) is 2.15. The van der Waals surface area contributed by atoms with Crippen molar-refractivity contribution in [1.29, 1.82) is 0 Å². The first-order valence-corrected chi connectivity index (χ1v) is 8.29. The number of aliphatic hydroxyl groups is 1. The van der Waals surface area contributed by atoms with Gasteiger partial charge >= 0.3 is 0 Å². The Hall–Kier alpha value is -0.240. The first-order valence-electron chi connectivity index (χ1n) is 8.29. The van der Waals surface area contributed by atoms with E-state index in [2.05, 4.69) is 22.6 Å². The summed E-state index contributed by atoms with van der Waals surface area (Å²) in [6.07, 6.45) is 4.01. The Bertz CT molecular complexity index is 287. The number of likely N-dealkylation sites (N-methyl/N-ethyl adjacent to an activating group) is 2. The Morgan fingerprint density at radius 2 is 2.24 bits per heavy atom. The number of likely N-dealkylation sites (tertiary alicyclic amines) is 1. The third kappa shape index (κ3) is 5.16. The SMILES string of the molecule is CCNC(CO)OC(OC[C@H]1CCCN1C)[C@H]1CCCN1. The minimum atomic E-state index is -0.358. The van der Waals surface area contributed by atoms with Crippen LogP contribution in [-0.4, -0.2) is 74.5 Å². The van der Waals surface area contributed by atoms with E-state index in [1.165, 1.54) is 12.8 Å². The highest BCUT2D eigenvalue weighted by atomic mass is 16.7. The predicted octanol–water partition coefficient (Wildman–Crippen LogP) is 0.120. The zero-order valence-electron chi connectivity index (χ0n) is 13.4. The van der Waals surface area contributed by atoms with E-state index in [0.29, 0.717) is 12.6 Å². The van der Waals surface area contributed by atoms with Gasteiger partial charge in [-0.15, -0.1) is 0 Å². The van der Waals surface area contributed by atoms with E-state index in [1.807, 2.05) is 6.92 Å². The molecule has 0 bridgehead atoms. The van der Waals surface area contributed by atoms with E-state index in [4.69, 9.17) is 9.47 Å². The lowest BCUT2D eigenvalue weighted by Crippen LogP contribution is -2.47. The lowest BCUT2D eigenvalue weighted by molar-refractivity contribution is -0.202. The molecule has 6 heteroatoms. The van der Waals surface area contributed by atoms with E-state index in [1.54, 1.807) is 0 Å². The fourth-order valence-electron chi connectivity index (χ4n) is 3.14. The molecule has 21 heavy (non-hydrogen) atoms. The van der Waals surface area contributed by atoms with Gasteiger partial charge in [-0.1, -0.05) is 6.92 Å². The molecule has 0 aromatic rings. The standard InChI is InChI=1S/C15H31N3O3/c1-3-16-14(10-19)21-15(13-7-4-8-17-13)20-11-12-6-5-9-18(12)2/h12-17,19H,3-11H2,1-2H3/t12-,13-,14?,15?/m1/s1. The molecule has 2 saturated heterocycles. The molecule has 2 aliphatic rings. The molecular weight excluding hydrogens is 270 g/mol. The molecule has 2 heterocycles. The second-order valence-electron chi connectivity index (χ2n) is 6.05. The first-order chi connectivity index (χ1) is 10.2. The molecule has 2 unspecified atom stereocenters. The molecule has 0 spiro atoms. The predicted molar refractivity (Wildman–Crippen MR) is 82.1 cm³/mol. The maximum atomic E-state index is 9.40. The number of nitrogens with one attached hydrogen (secondary N) is 2. The van der Waals surface area contributed by atoms with Gasteiger partial charge in [0.1, 0.15) is 6.23 Å². The normalized spacial score (nSPS) is 29.9. The highest BCUT2D eigenvalue weighted by molar-refractivity contribution is 4.81. The zero-order chi connectivity index (χ0) is 15.1. The molecule has 3 N–H and O–H groups in total. The van der Waals surface area contributed by atoms with Crippen molar-refractivity contribution < 1.29 is 14.6 Å². The Labute approximate surface area is 128 Å². The Kier molecular flexibility index (Phi) is 7.36. The van der Waals surface area contributed by atoms with Crippen LogP contribution in [0.3, 0.4) is 0 Å². The summed E-state index contributed by atoms with van der Waals surface area (Å²) in [5.41, 5.74) is 0. The minimum Gasteiger partial charge on any atom is -0.392 e. The van der Waals surface area contributed by atoms with E-state index in [-0.39, 0.29) is 25.2 Å². The summed E-state index contributed by atoms with van der Waals surface area (Å²) < 4.78 is 12.0. The minimum absolute atomic E-state index is 0.0379. The number of ether oxygens (including phenoxy) is 2. The third-order valence-corrected chi connectivity index (χ3v) is 4.45. The van der Waals surface area contributed by atoms with Gasteiger partial charge in [0.05, 0.1) is 19.3 Å². The van der Waals surface area contributed by atoms with Gasteiger partial charge in [0.15, 0.2) is 6.29 Å². The molecule has 0 amide bonds. The van der Waals surface area contributed by atoms with Gasteiger partial charge in [-0.25, -0.2) is 0 Å². The number of hydrogen-bond acceptors (Lipinski definition) is 6. The maximum absolute atomic E-state index is 9.40. The number of hydrogen-bond donors (Lipinski definition) is 3. The average molecular weight is 301 g/mol. The Morgan fingerprint density at radius 1 is 1.38 bits per heavy atom. The fourth-order valence-corrected chi connectivity index (χ4v) is 3.14. The van der Waals surface area contributed by atoms with Gasteiger partial charge in [-0.3, -0.25) is 5.32 Å². The van der Waals surface area contributed by atoms with Crippen LogP contribution < -0.4 is 10.6 Å². The summed E-state index contributed by atoms with van der Waals surface area (Å²) in [6.45, 7) is 5.60. The van der Waals surface area contributed by atoms with Gasteiger partial charge in [0, 0.05) is 6.04 Å². The van der Waals surface area contributed by atoms with E-state index in [9.17, 15) is 5.11 Å². The molecule has 4 atom stereocenters. The summed E-state index contributed by atoms with van der Waals surface area (Å²) in [5.74, 6) is 0. The summed E-state index contributed by atoms with van der Waals surface area (Å²) in [6, 6.07) is 0.716. The molecule has 0 aromatic carbocycles. The van der Waals surface area contributed by atoms with Crippen molar-refractivity contribution in [3.63, 3.8) is 0 Å². The monoisotopic (exact) mass is 301 g/mol. The molecule has 2 rings (SSSR count). The van der Waals surface area contributed by atoms with Crippen LogP contribution in [0.5, 0.6) is 0 Å². The molecular formula is C15H31N3O3. The van der Waals surface area contributed by atoms with E-state index in [0.717, 1.165) is 32.5 Å². The van der Waals surface area contributed by atoms with Gasteiger partial charge < -0.3 is 24.8 Å². The summed E-state index contributed by atoms with van der Waals surface area (Å²) >= 11 is 0. The Balaban J connectivity index is 1.85. The topological polar surface area (TPSA) is 66.0 Å². The van der Waals surface area contributed by atoms with Gasteiger partial charge in [0.2, 0.25) is 0 Å². The van der Waals surface area contributed by atoms with E-state index < -0.39 is 0 Å².